The Morgan fingerprint density at radius 1 is 1.03 bits per heavy atom. The second-order valence-electron chi connectivity index (χ2n) is 9.44. The fourth-order valence-corrected chi connectivity index (χ4v) is 5.44. The highest BCUT2D eigenvalue weighted by atomic mass is 15.3. The van der Waals surface area contributed by atoms with Crippen molar-refractivity contribution in [3.63, 3.8) is 0 Å². The van der Waals surface area contributed by atoms with Gasteiger partial charge in [0, 0.05) is 80.4 Å². The molecule has 1 saturated carbocycles. The molecule has 3 aromatic heterocycles. The Bertz CT molecular complexity index is 986. The van der Waals surface area contributed by atoms with Crippen LogP contribution in [0.25, 0.3) is 22.2 Å². The monoisotopic (exact) mass is 406 g/mol. The molecule has 0 amide bonds. The van der Waals surface area contributed by atoms with E-state index in [1.165, 1.54) is 68.4 Å². The van der Waals surface area contributed by atoms with E-state index in [0.29, 0.717) is 12.0 Å². The van der Waals surface area contributed by atoms with Gasteiger partial charge in [0.15, 0.2) is 0 Å². The average Bonchev–Trinajstić information content (AvgIpc) is 3.39. The van der Waals surface area contributed by atoms with E-state index < -0.39 is 0 Å². The predicted molar refractivity (Wildman–Crippen MR) is 122 cm³/mol. The topological polar surface area (TPSA) is 53.0 Å². The molecule has 0 unspecified atom stereocenters. The first-order valence-corrected chi connectivity index (χ1v) is 11.5. The Morgan fingerprint density at radius 2 is 1.80 bits per heavy atom. The second-order valence-corrected chi connectivity index (χ2v) is 9.44. The van der Waals surface area contributed by atoms with E-state index in [9.17, 15) is 0 Å². The van der Waals surface area contributed by atoms with Gasteiger partial charge in [-0.25, -0.2) is 4.98 Å². The van der Waals surface area contributed by atoms with Crippen LogP contribution in [-0.4, -0.2) is 67.8 Å². The first-order chi connectivity index (χ1) is 14.6. The highest BCUT2D eigenvalue weighted by Gasteiger charge is 2.29. The second kappa shape index (κ2) is 8.16. The molecule has 3 aromatic rings. The molecule has 0 radical (unpaired) electrons. The largest absolute Gasteiger partial charge is 0.346 e. The number of hydrogen-bond acceptors (Lipinski definition) is 4. The maximum Gasteiger partial charge on any atom is 0.137 e. The molecular formula is C24H34N6. The van der Waals surface area contributed by atoms with Crippen molar-refractivity contribution >= 4 is 11.0 Å². The molecule has 1 aliphatic carbocycles. The van der Waals surface area contributed by atoms with E-state index in [4.69, 9.17) is 4.98 Å². The molecule has 6 nitrogen and oxygen atoms in total. The summed E-state index contributed by atoms with van der Waals surface area (Å²) in [6.45, 7) is 9.55. The molecule has 1 aliphatic heterocycles. The van der Waals surface area contributed by atoms with Crippen molar-refractivity contribution < 1.29 is 0 Å². The maximum absolute atomic E-state index is 4.74. The summed E-state index contributed by atoms with van der Waals surface area (Å²) in [5.41, 5.74) is 4.71. The lowest BCUT2D eigenvalue weighted by atomic mass is 9.81. The Morgan fingerprint density at radius 3 is 2.47 bits per heavy atom. The molecule has 1 N–H and O–H groups in total. The molecule has 30 heavy (non-hydrogen) atoms. The van der Waals surface area contributed by atoms with Crippen LogP contribution in [0.4, 0.5) is 0 Å². The fourth-order valence-electron chi connectivity index (χ4n) is 5.44. The van der Waals surface area contributed by atoms with Crippen molar-refractivity contribution in [2.75, 3.05) is 26.2 Å². The zero-order valence-electron chi connectivity index (χ0n) is 18.5. The van der Waals surface area contributed by atoms with Gasteiger partial charge in [-0.3, -0.25) is 14.5 Å². The number of rotatable bonds is 4. The van der Waals surface area contributed by atoms with Gasteiger partial charge in [-0.2, -0.15) is 5.10 Å². The highest BCUT2D eigenvalue weighted by molar-refractivity contribution is 5.93. The number of nitrogens with one attached hydrogen (secondary N) is 1. The van der Waals surface area contributed by atoms with Crippen LogP contribution < -0.4 is 0 Å². The molecule has 0 aromatic carbocycles. The number of pyridine rings is 1. The molecule has 2 aliphatic rings. The summed E-state index contributed by atoms with van der Waals surface area (Å²) in [5, 5.41) is 5.55. The molecular weight excluding hydrogens is 372 g/mol. The van der Waals surface area contributed by atoms with Gasteiger partial charge in [0.05, 0.1) is 6.20 Å². The third kappa shape index (κ3) is 3.79. The third-order valence-corrected chi connectivity index (χ3v) is 7.33. The molecule has 160 valence electrons. The molecule has 0 atom stereocenters. The SMILES string of the molecule is CC(C)N1CCN([C@H]2CC[C@@H](c3cnc4[nH]cc(-c5cnn(C)c5)c4c3)CC2)CC1. The standard InChI is InChI=1S/C24H34N6/c1-17(2)29-8-10-30(11-9-29)21-6-4-18(5-7-21)19-12-22-23(15-26-24(22)25-13-19)20-14-27-28(3)16-20/h12-18,21H,4-11H2,1-3H3,(H,25,26)/t18-,21+. The van der Waals surface area contributed by atoms with Crippen molar-refractivity contribution in [3.05, 3.63) is 36.4 Å². The van der Waals surface area contributed by atoms with Crippen molar-refractivity contribution in [3.8, 4) is 11.1 Å². The van der Waals surface area contributed by atoms with E-state index in [1.807, 2.05) is 17.9 Å². The fraction of sp³-hybridized carbons (Fsp3) is 0.583. The van der Waals surface area contributed by atoms with Crippen LogP contribution in [0.2, 0.25) is 0 Å². The molecule has 5 rings (SSSR count). The smallest absolute Gasteiger partial charge is 0.137 e. The zero-order chi connectivity index (χ0) is 20.7. The van der Waals surface area contributed by atoms with E-state index in [0.717, 1.165) is 17.3 Å². The highest BCUT2D eigenvalue weighted by Crippen LogP contribution is 2.37. The summed E-state index contributed by atoms with van der Waals surface area (Å²) in [7, 11) is 1.96. The van der Waals surface area contributed by atoms with Crippen LogP contribution in [0, 0.1) is 0 Å². The normalized spacial score (nSPS) is 24.1. The number of aromatic amines is 1. The van der Waals surface area contributed by atoms with Gasteiger partial charge in [-0.05, 0) is 57.1 Å². The first-order valence-electron chi connectivity index (χ1n) is 11.5. The van der Waals surface area contributed by atoms with E-state index in [-0.39, 0.29) is 0 Å². The number of hydrogen-bond donors (Lipinski definition) is 1. The summed E-state index contributed by atoms with van der Waals surface area (Å²) < 4.78 is 1.85. The molecule has 2 fully saturated rings. The van der Waals surface area contributed by atoms with Crippen LogP contribution in [0.1, 0.15) is 51.0 Å². The van der Waals surface area contributed by atoms with Crippen molar-refractivity contribution in [2.24, 2.45) is 7.05 Å². The Labute approximate surface area is 179 Å². The average molecular weight is 407 g/mol. The van der Waals surface area contributed by atoms with Crippen LogP contribution in [-0.2, 0) is 7.05 Å². The number of fused-ring (bicyclic) bond motifs is 1. The lowest BCUT2D eigenvalue weighted by Crippen LogP contribution is -2.52. The quantitative estimate of drug-likeness (QED) is 0.711. The van der Waals surface area contributed by atoms with E-state index in [2.05, 4.69) is 58.4 Å². The minimum absolute atomic E-state index is 0.631. The number of aromatic nitrogens is 4. The van der Waals surface area contributed by atoms with Crippen LogP contribution in [0.3, 0.4) is 0 Å². The van der Waals surface area contributed by atoms with Crippen molar-refractivity contribution in [2.45, 2.75) is 57.5 Å². The number of H-pyrrole nitrogens is 1. The summed E-state index contributed by atoms with van der Waals surface area (Å²) in [4.78, 5) is 13.4. The van der Waals surface area contributed by atoms with E-state index in [1.54, 1.807) is 0 Å². The number of aryl methyl sites for hydroxylation is 1. The molecule has 6 heteroatoms. The first kappa shape index (κ1) is 19.8. The molecule has 4 heterocycles. The molecule has 1 saturated heterocycles. The van der Waals surface area contributed by atoms with Gasteiger partial charge >= 0.3 is 0 Å². The van der Waals surface area contributed by atoms with E-state index >= 15 is 0 Å². The van der Waals surface area contributed by atoms with Gasteiger partial charge in [-0.1, -0.05) is 0 Å². The van der Waals surface area contributed by atoms with Gasteiger partial charge < -0.3 is 4.98 Å². The lowest BCUT2D eigenvalue weighted by Gasteiger charge is -2.43. The minimum atomic E-state index is 0.631. The Balaban J connectivity index is 1.26. The number of piperazine rings is 1. The summed E-state index contributed by atoms with van der Waals surface area (Å²) in [6.07, 6.45) is 13.3. The van der Waals surface area contributed by atoms with Crippen LogP contribution in [0.5, 0.6) is 0 Å². The van der Waals surface area contributed by atoms with Gasteiger partial charge in [0.2, 0.25) is 0 Å². The Hall–Kier alpha value is -2.18. The minimum Gasteiger partial charge on any atom is -0.346 e. The molecule has 0 bridgehead atoms. The lowest BCUT2D eigenvalue weighted by molar-refractivity contribution is 0.0620. The predicted octanol–water partition coefficient (Wildman–Crippen LogP) is 4.02. The van der Waals surface area contributed by atoms with Crippen LogP contribution >= 0.6 is 0 Å². The van der Waals surface area contributed by atoms with Gasteiger partial charge in [0.1, 0.15) is 5.65 Å². The van der Waals surface area contributed by atoms with Crippen LogP contribution in [0.15, 0.2) is 30.9 Å². The Kier molecular flexibility index (Phi) is 5.37. The summed E-state index contributed by atoms with van der Waals surface area (Å²) in [5.74, 6) is 0.631. The maximum atomic E-state index is 4.74. The van der Waals surface area contributed by atoms with Crippen molar-refractivity contribution in [1.82, 2.24) is 29.5 Å². The number of nitrogens with zero attached hydrogens (tertiary/aromatic N) is 5. The summed E-state index contributed by atoms with van der Waals surface area (Å²) in [6, 6.07) is 3.81. The molecule has 0 spiro atoms. The van der Waals surface area contributed by atoms with Gasteiger partial charge in [0.25, 0.3) is 0 Å². The van der Waals surface area contributed by atoms with Gasteiger partial charge in [-0.15, -0.1) is 0 Å². The van der Waals surface area contributed by atoms with Crippen molar-refractivity contribution in [1.29, 1.82) is 0 Å². The zero-order valence-corrected chi connectivity index (χ0v) is 18.5. The summed E-state index contributed by atoms with van der Waals surface area (Å²) >= 11 is 0. The third-order valence-electron chi connectivity index (χ3n) is 7.33.